The van der Waals surface area contributed by atoms with E-state index in [-0.39, 0.29) is 0 Å². The molecule has 1 N–H and O–H groups in total. The molecule has 0 bridgehead atoms. The van der Waals surface area contributed by atoms with Gasteiger partial charge in [-0.3, -0.25) is 0 Å². The van der Waals surface area contributed by atoms with Crippen LogP contribution in [0.4, 0.5) is 0 Å². The summed E-state index contributed by atoms with van der Waals surface area (Å²) in [5.41, 5.74) is 0.467. The van der Waals surface area contributed by atoms with Crippen molar-refractivity contribution >= 4 is 11.8 Å². The van der Waals surface area contributed by atoms with Crippen LogP contribution in [-0.2, 0) is 5.60 Å². The second-order valence-electron chi connectivity index (χ2n) is 5.66. The molecule has 1 aliphatic heterocycles. The molecule has 0 aromatic heterocycles. The smallest absolute Gasteiger partial charge is 0.0920 e. The lowest BCUT2D eigenvalue weighted by Crippen LogP contribution is -2.43. The molecule has 0 amide bonds. The van der Waals surface area contributed by atoms with Crippen LogP contribution in [0.25, 0.3) is 0 Å². The molecule has 0 saturated carbocycles. The Balaban J connectivity index is 1.82. The lowest BCUT2D eigenvalue weighted by atomic mass is 9.84. The van der Waals surface area contributed by atoms with Crippen molar-refractivity contribution in [2.75, 3.05) is 25.4 Å². The number of benzene rings is 1. The lowest BCUT2D eigenvalue weighted by molar-refractivity contribution is -0.0244. The molecular formula is C16H25NOS. The first-order valence-corrected chi connectivity index (χ1v) is 8.27. The van der Waals surface area contributed by atoms with Crippen molar-refractivity contribution in [3.63, 3.8) is 0 Å². The number of piperidine rings is 1. The van der Waals surface area contributed by atoms with Crippen LogP contribution in [0.15, 0.2) is 30.3 Å². The van der Waals surface area contributed by atoms with Crippen molar-refractivity contribution in [3.05, 3.63) is 35.9 Å². The zero-order chi connectivity index (χ0) is 13.7. The van der Waals surface area contributed by atoms with Gasteiger partial charge in [0.05, 0.1) is 5.60 Å². The quantitative estimate of drug-likeness (QED) is 0.896. The van der Waals surface area contributed by atoms with Crippen LogP contribution in [0.3, 0.4) is 0 Å². The second kappa shape index (κ2) is 6.78. The summed E-state index contributed by atoms with van der Waals surface area (Å²) in [6.45, 7) is 7.64. The Morgan fingerprint density at radius 2 is 1.84 bits per heavy atom. The topological polar surface area (TPSA) is 23.5 Å². The maximum Gasteiger partial charge on any atom is 0.0920 e. The fraction of sp³-hybridized carbons (Fsp3) is 0.625. The minimum absolute atomic E-state index is 0.608. The first-order valence-electron chi connectivity index (χ1n) is 7.22. The van der Waals surface area contributed by atoms with E-state index in [0.29, 0.717) is 5.25 Å². The van der Waals surface area contributed by atoms with Crippen LogP contribution in [0, 0.1) is 0 Å². The van der Waals surface area contributed by atoms with Crippen molar-refractivity contribution in [2.45, 2.75) is 37.5 Å². The van der Waals surface area contributed by atoms with Gasteiger partial charge >= 0.3 is 0 Å². The van der Waals surface area contributed by atoms with E-state index in [9.17, 15) is 5.11 Å². The molecule has 0 radical (unpaired) electrons. The van der Waals surface area contributed by atoms with Crippen molar-refractivity contribution in [2.24, 2.45) is 0 Å². The predicted octanol–water partition coefficient (Wildman–Crippen LogP) is 3.11. The summed E-state index contributed by atoms with van der Waals surface area (Å²) in [5, 5.41) is 11.5. The van der Waals surface area contributed by atoms with E-state index in [4.69, 9.17) is 0 Å². The number of hydrogen-bond donors (Lipinski definition) is 1. The van der Waals surface area contributed by atoms with Gasteiger partial charge in [0.2, 0.25) is 0 Å². The van der Waals surface area contributed by atoms with Gasteiger partial charge in [-0.05, 0) is 23.7 Å². The lowest BCUT2D eigenvalue weighted by Gasteiger charge is -2.38. The number of aliphatic hydroxyl groups is 1. The van der Waals surface area contributed by atoms with Crippen molar-refractivity contribution in [1.29, 1.82) is 0 Å². The van der Waals surface area contributed by atoms with Crippen LogP contribution in [0.1, 0.15) is 32.3 Å². The van der Waals surface area contributed by atoms with E-state index < -0.39 is 5.60 Å². The molecule has 0 aliphatic carbocycles. The number of rotatable bonds is 5. The molecule has 1 aromatic rings. The van der Waals surface area contributed by atoms with Crippen LogP contribution < -0.4 is 0 Å². The first kappa shape index (κ1) is 14.9. The van der Waals surface area contributed by atoms with Crippen molar-refractivity contribution in [3.8, 4) is 0 Å². The molecule has 106 valence electrons. The van der Waals surface area contributed by atoms with Gasteiger partial charge < -0.3 is 10.0 Å². The van der Waals surface area contributed by atoms with Gasteiger partial charge in [0, 0.05) is 25.4 Å². The van der Waals surface area contributed by atoms with Crippen LogP contribution in [0.2, 0.25) is 0 Å². The van der Waals surface area contributed by atoms with E-state index in [1.807, 2.05) is 42.1 Å². The van der Waals surface area contributed by atoms with Gasteiger partial charge in [-0.15, -0.1) is 0 Å². The highest BCUT2D eigenvalue weighted by molar-refractivity contribution is 7.99. The third-order valence-electron chi connectivity index (χ3n) is 3.85. The second-order valence-corrected chi connectivity index (χ2v) is 7.34. The van der Waals surface area contributed by atoms with Gasteiger partial charge in [0.25, 0.3) is 0 Å². The molecular weight excluding hydrogens is 254 g/mol. The predicted molar refractivity (Wildman–Crippen MR) is 83.6 cm³/mol. The number of likely N-dealkylation sites (tertiary alicyclic amines) is 1. The fourth-order valence-corrected chi connectivity index (χ4v) is 3.44. The monoisotopic (exact) mass is 279 g/mol. The van der Waals surface area contributed by atoms with Gasteiger partial charge in [0.1, 0.15) is 0 Å². The molecule has 1 aliphatic rings. The van der Waals surface area contributed by atoms with Crippen molar-refractivity contribution in [1.82, 2.24) is 4.90 Å². The molecule has 0 unspecified atom stereocenters. The average molecular weight is 279 g/mol. The molecule has 3 heteroatoms. The van der Waals surface area contributed by atoms with Gasteiger partial charge in [-0.2, -0.15) is 11.8 Å². The van der Waals surface area contributed by atoms with Crippen molar-refractivity contribution < 1.29 is 5.11 Å². The standard InChI is InChI=1S/C16H25NOS/c1-14(2)19-13-12-17-10-8-16(18,9-11-17)15-6-4-3-5-7-15/h3-7,14,18H,8-13H2,1-2H3. The Hall–Kier alpha value is -0.510. The summed E-state index contributed by atoms with van der Waals surface area (Å²) in [5.74, 6) is 1.20. The van der Waals surface area contributed by atoms with Gasteiger partial charge in [0.15, 0.2) is 0 Å². The minimum Gasteiger partial charge on any atom is -0.385 e. The fourth-order valence-electron chi connectivity index (χ4n) is 2.60. The van der Waals surface area contributed by atoms with Crippen LogP contribution in [0.5, 0.6) is 0 Å². The summed E-state index contributed by atoms with van der Waals surface area (Å²) in [6.07, 6.45) is 1.70. The normalized spacial score (nSPS) is 19.8. The molecule has 1 saturated heterocycles. The third kappa shape index (κ3) is 4.23. The molecule has 1 heterocycles. The SMILES string of the molecule is CC(C)SCCN1CCC(O)(c2ccccc2)CC1. The highest BCUT2D eigenvalue weighted by Gasteiger charge is 2.33. The van der Waals surface area contributed by atoms with E-state index in [1.54, 1.807) is 0 Å². The summed E-state index contributed by atoms with van der Waals surface area (Å²) >= 11 is 2.02. The highest BCUT2D eigenvalue weighted by atomic mass is 32.2. The molecule has 0 spiro atoms. The van der Waals surface area contributed by atoms with Gasteiger partial charge in [-0.1, -0.05) is 44.2 Å². The Labute approximate surface area is 121 Å². The Bertz CT molecular complexity index is 372. The zero-order valence-corrected chi connectivity index (χ0v) is 12.8. The summed E-state index contributed by atoms with van der Waals surface area (Å²) in [6, 6.07) is 10.1. The average Bonchev–Trinajstić information content (AvgIpc) is 2.42. The number of nitrogens with zero attached hydrogens (tertiary/aromatic N) is 1. The Morgan fingerprint density at radius 3 is 2.42 bits per heavy atom. The maximum atomic E-state index is 10.7. The molecule has 1 fully saturated rings. The van der Waals surface area contributed by atoms with Gasteiger partial charge in [-0.25, -0.2) is 0 Å². The van der Waals surface area contributed by atoms with Crippen LogP contribution in [-0.4, -0.2) is 40.6 Å². The third-order valence-corrected chi connectivity index (χ3v) is 4.94. The molecule has 0 atom stereocenters. The van der Waals surface area contributed by atoms with Crippen LogP contribution >= 0.6 is 11.8 Å². The number of thioether (sulfide) groups is 1. The highest BCUT2D eigenvalue weighted by Crippen LogP contribution is 2.32. The van der Waals surface area contributed by atoms with E-state index in [1.165, 1.54) is 5.75 Å². The minimum atomic E-state index is -0.608. The largest absolute Gasteiger partial charge is 0.385 e. The molecule has 1 aromatic carbocycles. The molecule has 2 nitrogen and oxygen atoms in total. The zero-order valence-electron chi connectivity index (χ0n) is 12.0. The van der Waals surface area contributed by atoms with E-state index >= 15 is 0 Å². The van der Waals surface area contributed by atoms with E-state index in [0.717, 1.165) is 38.0 Å². The Kier molecular flexibility index (Phi) is 5.31. The summed E-state index contributed by atoms with van der Waals surface area (Å²) < 4.78 is 0. The Morgan fingerprint density at radius 1 is 1.21 bits per heavy atom. The maximum absolute atomic E-state index is 10.7. The first-order chi connectivity index (χ1) is 9.10. The summed E-state index contributed by atoms with van der Waals surface area (Å²) in [4.78, 5) is 2.48. The number of hydrogen-bond acceptors (Lipinski definition) is 3. The van der Waals surface area contributed by atoms with E-state index in [2.05, 4.69) is 18.7 Å². The molecule has 19 heavy (non-hydrogen) atoms. The summed E-state index contributed by atoms with van der Waals surface area (Å²) in [7, 11) is 0. The molecule has 2 rings (SSSR count).